The Labute approximate surface area is 116 Å². The summed E-state index contributed by atoms with van der Waals surface area (Å²) in [5, 5.41) is 20.4. The smallest absolute Gasteiger partial charge is 0.135 e. The molecule has 0 aliphatic carbocycles. The number of methoxy groups -OCH3 is 1. The highest BCUT2D eigenvalue weighted by Gasteiger charge is 2.16. The summed E-state index contributed by atoms with van der Waals surface area (Å²) in [5.74, 6) is 0.702. The average molecular weight is 282 g/mol. The first kappa shape index (κ1) is 14.1. The molecule has 0 radical (unpaired) electrons. The van der Waals surface area contributed by atoms with Crippen molar-refractivity contribution >= 4 is 22.5 Å². The molecule has 1 aromatic heterocycles. The number of halogens is 1. The Hall–Kier alpha value is -1.36. The van der Waals surface area contributed by atoms with E-state index in [1.54, 1.807) is 26.2 Å². The van der Waals surface area contributed by atoms with Crippen LogP contribution in [0.2, 0.25) is 5.15 Å². The average Bonchev–Trinajstić information content (AvgIpc) is 2.36. The Kier molecular flexibility index (Phi) is 4.24. The van der Waals surface area contributed by atoms with Crippen molar-refractivity contribution in [2.24, 2.45) is 0 Å². The third-order valence-corrected chi connectivity index (χ3v) is 3.23. The molecule has 1 aromatic carbocycles. The third-order valence-electron chi connectivity index (χ3n) is 2.93. The van der Waals surface area contributed by atoms with E-state index in [1.807, 2.05) is 12.1 Å². The van der Waals surface area contributed by atoms with Gasteiger partial charge < -0.3 is 14.9 Å². The number of aromatic nitrogens is 1. The van der Waals surface area contributed by atoms with Crippen LogP contribution < -0.4 is 4.74 Å². The summed E-state index contributed by atoms with van der Waals surface area (Å²) in [4.78, 5) is 4.26. The molecule has 2 aromatic rings. The zero-order chi connectivity index (χ0) is 14.0. The minimum absolute atomic E-state index is 0.225. The SMILES string of the molecule is COc1ccc2cc([C@@H](O)C[C@H](C)O)c(Cl)nc2c1. The van der Waals surface area contributed by atoms with Gasteiger partial charge in [0.2, 0.25) is 0 Å². The summed E-state index contributed by atoms with van der Waals surface area (Å²) in [6, 6.07) is 7.25. The molecule has 0 spiro atoms. The zero-order valence-corrected chi connectivity index (χ0v) is 11.6. The molecule has 0 aliphatic rings. The summed E-state index contributed by atoms with van der Waals surface area (Å²) < 4.78 is 5.13. The second-order valence-corrected chi connectivity index (χ2v) is 4.89. The van der Waals surface area contributed by atoms with Crippen LogP contribution in [0.4, 0.5) is 0 Å². The van der Waals surface area contributed by atoms with Crippen molar-refractivity contribution in [2.45, 2.75) is 25.6 Å². The first-order valence-electron chi connectivity index (χ1n) is 6.01. The molecule has 2 N–H and O–H groups in total. The molecule has 4 nitrogen and oxygen atoms in total. The maximum atomic E-state index is 10.0. The first-order valence-corrected chi connectivity index (χ1v) is 6.39. The quantitative estimate of drug-likeness (QED) is 0.846. The summed E-state index contributed by atoms with van der Waals surface area (Å²) in [5.41, 5.74) is 1.23. The topological polar surface area (TPSA) is 62.6 Å². The Bertz CT molecular complexity index is 586. The van der Waals surface area contributed by atoms with Gasteiger partial charge in [0.05, 0.1) is 24.8 Å². The molecule has 1 heterocycles. The second kappa shape index (κ2) is 5.74. The van der Waals surface area contributed by atoms with Crippen LogP contribution in [0.15, 0.2) is 24.3 Å². The Morgan fingerprint density at radius 1 is 1.32 bits per heavy atom. The molecular weight excluding hydrogens is 266 g/mol. The third kappa shape index (κ3) is 3.15. The molecule has 0 saturated heterocycles. The van der Waals surface area contributed by atoms with Gasteiger partial charge in [0.25, 0.3) is 0 Å². The number of ether oxygens (including phenoxy) is 1. The zero-order valence-electron chi connectivity index (χ0n) is 10.8. The van der Waals surface area contributed by atoms with Crippen LogP contribution in [0, 0.1) is 0 Å². The fourth-order valence-corrected chi connectivity index (χ4v) is 2.22. The Balaban J connectivity index is 2.44. The first-order chi connectivity index (χ1) is 9.01. The molecule has 0 aliphatic heterocycles. The fraction of sp³-hybridized carbons (Fsp3) is 0.357. The van der Waals surface area contributed by atoms with Gasteiger partial charge in [-0.2, -0.15) is 0 Å². The molecule has 0 bridgehead atoms. The van der Waals surface area contributed by atoms with Gasteiger partial charge in [-0.1, -0.05) is 11.6 Å². The summed E-state index contributed by atoms with van der Waals surface area (Å²) >= 11 is 6.08. The number of nitrogens with zero attached hydrogens (tertiary/aromatic N) is 1. The number of aliphatic hydroxyl groups excluding tert-OH is 2. The van der Waals surface area contributed by atoms with Gasteiger partial charge in [0.1, 0.15) is 10.9 Å². The van der Waals surface area contributed by atoms with Crippen LogP contribution in [-0.2, 0) is 0 Å². The van der Waals surface area contributed by atoms with E-state index in [0.717, 1.165) is 5.39 Å². The summed E-state index contributed by atoms with van der Waals surface area (Å²) in [6.45, 7) is 1.62. The molecule has 0 unspecified atom stereocenters. The lowest BCUT2D eigenvalue weighted by Gasteiger charge is -2.14. The minimum atomic E-state index is -0.827. The maximum absolute atomic E-state index is 10.0. The number of pyridine rings is 1. The molecule has 0 fully saturated rings. The monoisotopic (exact) mass is 281 g/mol. The largest absolute Gasteiger partial charge is 0.497 e. The van der Waals surface area contributed by atoms with E-state index in [2.05, 4.69) is 4.98 Å². The highest BCUT2D eigenvalue weighted by molar-refractivity contribution is 6.30. The van der Waals surface area contributed by atoms with Crippen LogP contribution in [0.3, 0.4) is 0 Å². The van der Waals surface area contributed by atoms with Crippen LogP contribution in [0.5, 0.6) is 5.75 Å². The van der Waals surface area contributed by atoms with Gasteiger partial charge in [-0.15, -0.1) is 0 Å². The second-order valence-electron chi connectivity index (χ2n) is 4.53. The number of hydrogen-bond donors (Lipinski definition) is 2. The number of benzene rings is 1. The molecule has 102 valence electrons. The maximum Gasteiger partial charge on any atom is 0.135 e. The van der Waals surface area contributed by atoms with Gasteiger partial charge in [0.15, 0.2) is 0 Å². The van der Waals surface area contributed by atoms with E-state index in [4.69, 9.17) is 16.3 Å². The van der Waals surface area contributed by atoms with Crippen molar-refractivity contribution in [2.75, 3.05) is 7.11 Å². The van der Waals surface area contributed by atoms with Crippen molar-refractivity contribution in [3.63, 3.8) is 0 Å². The Morgan fingerprint density at radius 2 is 2.05 bits per heavy atom. The molecule has 5 heteroatoms. The van der Waals surface area contributed by atoms with E-state index in [9.17, 15) is 10.2 Å². The van der Waals surface area contributed by atoms with Crippen LogP contribution >= 0.6 is 11.6 Å². The van der Waals surface area contributed by atoms with Crippen molar-refractivity contribution in [3.05, 3.63) is 35.0 Å². The molecule has 0 amide bonds. The molecule has 19 heavy (non-hydrogen) atoms. The molecule has 2 rings (SSSR count). The standard InChI is InChI=1S/C14H16ClNO3/c1-8(17)5-13(18)11-6-9-3-4-10(19-2)7-12(9)16-14(11)15/h3-4,6-8,13,17-18H,5H2,1-2H3/t8-,13-/m0/s1. The van der Waals surface area contributed by atoms with Crippen LogP contribution in [-0.4, -0.2) is 28.4 Å². The lowest BCUT2D eigenvalue weighted by molar-refractivity contribution is 0.0907. The highest BCUT2D eigenvalue weighted by atomic mass is 35.5. The van der Waals surface area contributed by atoms with Crippen LogP contribution in [0.1, 0.15) is 25.0 Å². The van der Waals surface area contributed by atoms with Crippen molar-refractivity contribution in [1.29, 1.82) is 0 Å². The van der Waals surface area contributed by atoms with E-state index < -0.39 is 12.2 Å². The number of fused-ring (bicyclic) bond motifs is 1. The van der Waals surface area contributed by atoms with Gasteiger partial charge in [-0.25, -0.2) is 4.98 Å². The van der Waals surface area contributed by atoms with E-state index in [-0.39, 0.29) is 11.6 Å². The lowest BCUT2D eigenvalue weighted by atomic mass is 10.0. The number of aliphatic hydroxyl groups is 2. The number of hydrogen-bond acceptors (Lipinski definition) is 4. The van der Waals surface area contributed by atoms with Crippen molar-refractivity contribution in [3.8, 4) is 5.75 Å². The van der Waals surface area contributed by atoms with E-state index >= 15 is 0 Å². The van der Waals surface area contributed by atoms with Gasteiger partial charge in [0, 0.05) is 23.4 Å². The van der Waals surface area contributed by atoms with E-state index in [0.29, 0.717) is 16.8 Å². The number of rotatable bonds is 4. The van der Waals surface area contributed by atoms with E-state index in [1.165, 1.54) is 0 Å². The van der Waals surface area contributed by atoms with Crippen LogP contribution in [0.25, 0.3) is 10.9 Å². The predicted molar refractivity (Wildman–Crippen MR) is 74.6 cm³/mol. The lowest BCUT2D eigenvalue weighted by Crippen LogP contribution is -2.09. The van der Waals surface area contributed by atoms with Crippen molar-refractivity contribution < 1.29 is 14.9 Å². The fourth-order valence-electron chi connectivity index (χ4n) is 1.95. The summed E-state index contributed by atoms with van der Waals surface area (Å²) in [6.07, 6.45) is -1.20. The Morgan fingerprint density at radius 3 is 2.68 bits per heavy atom. The minimum Gasteiger partial charge on any atom is -0.497 e. The van der Waals surface area contributed by atoms with Crippen molar-refractivity contribution in [1.82, 2.24) is 4.98 Å². The van der Waals surface area contributed by atoms with Gasteiger partial charge in [-0.05, 0) is 25.1 Å². The molecule has 2 atom stereocenters. The van der Waals surface area contributed by atoms with Gasteiger partial charge >= 0.3 is 0 Å². The molecule has 0 saturated carbocycles. The predicted octanol–water partition coefficient (Wildman–Crippen LogP) is 2.70. The normalized spacial score (nSPS) is 14.4. The molecular formula is C14H16ClNO3. The summed E-state index contributed by atoms with van der Waals surface area (Å²) in [7, 11) is 1.59. The van der Waals surface area contributed by atoms with Gasteiger partial charge in [-0.3, -0.25) is 0 Å². The highest BCUT2D eigenvalue weighted by Crippen LogP contribution is 2.29.